The molecular weight excluding hydrogens is 366 g/mol. The Morgan fingerprint density at radius 1 is 0.964 bits per heavy atom. The number of hydrogen-bond donors (Lipinski definition) is 1. The molecule has 0 aliphatic rings. The Hall–Kier alpha value is -3.81. The molecule has 1 N–H and O–H groups in total. The van der Waals surface area contributed by atoms with Gasteiger partial charge < -0.3 is 10.1 Å². The molecule has 0 bridgehead atoms. The number of ether oxygens (including phenoxy) is 1. The van der Waals surface area contributed by atoms with Gasteiger partial charge >= 0.3 is 0 Å². The normalized spacial score (nSPS) is 10.8. The first-order valence-corrected chi connectivity index (χ1v) is 8.39. The minimum Gasteiger partial charge on any atom is -0.481 e. The molecule has 0 saturated heterocycles. The molecule has 0 aliphatic carbocycles. The average Bonchev–Trinajstić information content (AvgIpc) is 3.11. The summed E-state index contributed by atoms with van der Waals surface area (Å²) in [7, 11) is 0. The van der Waals surface area contributed by atoms with Gasteiger partial charge in [-0.1, -0.05) is 12.1 Å². The number of nitrogens with one attached hydrogen (secondary N) is 1. The highest BCUT2D eigenvalue weighted by Crippen LogP contribution is 2.18. The molecule has 6 nitrogen and oxygen atoms in total. The fraction of sp³-hybridized carbons (Fsp3) is 0.0500. The van der Waals surface area contributed by atoms with Crippen LogP contribution in [-0.4, -0.2) is 27.5 Å². The predicted octanol–water partition coefficient (Wildman–Crippen LogP) is 3.72. The van der Waals surface area contributed by atoms with Gasteiger partial charge in [-0.2, -0.15) is 4.80 Å². The van der Waals surface area contributed by atoms with E-state index in [1.54, 1.807) is 36.4 Å². The van der Waals surface area contributed by atoms with Gasteiger partial charge in [0, 0.05) is 5.69 Å². The van der Waals surface area contributed by atoms with Crippen molar-refractivity contribution in [1.82, 2.24) is 15.0 Å². The zero-order valence-corrected chi connectivity index (χ0v) is 14.5. The van der Waals surface area contributed by atoms with Crippen molar-refractivity contribution < 1.29 is 18.3 Å². The Morgan fingerprint density at radius 2 is 1.71 bits per heavy atom. The predicted molar refractivity (Wildman–Crippen MR) is 99.3 cm³/mol. The van der Waals surface area contributed by atoms with Crippen LogP contribution in [0.4, 0.5) is 14.5 Å². The molecule has 28 heavy (non-hydrogen) atoms. The molecule has 0 fully saturated rings. The lowest BCUT2D eigenvalue weighted by Crippen LogP contribution is -2.20. The molecule has 0 radical (unpaired) electrons. The molecular formula is C20H14F2N4O2. The highest BCUT2D eigenvalue weighted by molar-refractivity contribution is 5.93. The van der Waals surface area contributed by atoms with Crippen molar-refractivity contribution in [1.29, 1.82) is 0 Å². The Labute approximate surface area is 158 Å². The first-order valence-electron chi connectivity index (χ1n) is 8.39. The number of rotatable bonds is 5. The summed E-state index contributed by atoms with van der Waals surface area (Å²) in [5, 5.41) is 11.3. The van der Waals surface area contributed by atoms with Gasteiger partial charge in [0.2, 0.25) is 0 Å². The highest BCUT2D eigenvalue weighted by Gasteiger charge is 2.09. The number of hydrogen-bond acceptors (Lipinski definition) is 4. The first kappa shape index (κ1) is 17.6. The number of aromatic nitrogens is 3. The van der Waals surface area contributed by atoms with Crippen molar-refractivity contribution >= 4 is 22.6 Å². The van der Waals surface area contributed by atoms with E-state index in [1.807, 2.05) is 0 Å². The SMILES string of the molecule is O=C(COc1ccccc1F)Nc1ccc2nn(-c3ccc(F)cc3)nc2c1. The van der Waals surface area contributed by atoms with Crippen molar-refractivity contribution in [3.63, 3.8) is 0 Å². The summed E-state index contributed by atoms with van der Waals surface area (Å²) >= 11 is 0. The second-order valence-corrected chi connectivity index (χ2v) is 5.94. The van der Waals surface area contributed by atoms with Crippen LogP contribution >= 0.6 is 0 Å². The lowest BCUT2D eigenvalue weighted by Gasteiger charge is -2.07. The third-order valence-electron chi connectivity index (χ3n) is 3.92. The van der Waals surface area contributed by atoms with E-state index in [4.69, 9.17) is 4.74 Å². The third-order valence-corrected chi connectivity index (χ3v) is 3.92. The van der Waals surface area contributed by atoms with Crippen LogP contribution in [0.1, 0.15) is 0 Å². The molecule has 0 atom stereocenters. The number of carbonyl (C=O) groups excluding carboxylic acids is 1. The number of amides is 1. The fourth-order valence-corrected chi connectivity index (χ4v) is 2.58. The van der Waals surface area contributed by atoms with E-state index in [-0.39, 0.29) is 18.2 Å². The van der Waals surface area contributed by atoms with Crippen molar-refractivity contribution in [2.45, 2.75) is 0 Å². The van der Waals surface area contributed by atoms with Crippen molar-refractivity contribution in [3.05, 3.63) is 78.4 Å². The maximum atomic E-state index is 13.5. The summed E-state index contributed by atoms with van der Waals surface area (Å²) in [5.74, 6) is -1.30. The van der Waals surface area contributed by atoms with E-state index in [9.17, 15) is 13.6 Å². The molecule has 8 heteroatoms. The first-order chi connectivity index (χ1) is 13.6. The van der Waals surface area contributed by atoms with E-state index < -0.39 is 11.7 Å². The number of para-hydroxylation sites is 1. The fourth-order valence-electron chi connectivity index (χ4n) is 2.58. The molecule has 3 aromatic carbocycles. The minimum absolute atomic E-state index is 0.00958. The van der Waals surface area contributed by atoms with Crippen molar-refractivity contribution in [2.75, 3.05) is 11.9 Å². The van der Waals surface area contributed by atoms with Crippen molar-refractivity contribution in [3.8, 4) is 11.4 Å². The number of carbonyl (C=O) groups is 1. The van der Waals surface area contributed by atoms with E-state index in [2.05, 4.69) is 15.5 Å². The number of halogens is 2. The Morgan fingerprint density at radius 3 is 2.50 bits per heavy atom. The van der Waals surface area contributed by atoms with Crippen LogP contribution in [0.5, 0.6) is 5.75 Å². The smallest absolute Gasteiger partial charge is 0.262 e. The van der Waals surface area contributed by atoms with Crippen LogP contribution in [0.25, 0.3) is 16.7 Å². The standard InChI is InChI=1S/C20H14F2N4O2/c21-13-5-8-15(9-6-13)26-24-17-10-7-14(11-18(17)25-26)23-20(27)12-28-19-4-2-1-3-16(19)22/h1-11H,12H2,(H,23,27). The van der Waals surface area contributed by atoms with E-state index in [0.29, 0.717) is 22.4 Å². The van der Waals surface area contributed by atoms with E-state index in [1.165, 1.54) is 35.1 Å². The van der Waals surface area contributed by atoms with Gasteiger partial charge in [-0.15, -0.1) is 10.2 Å². The number of nitrogens with zero attached hydrogens (tertiary/aromatic N) is 3. The molecule has 0 saturated carbocycles. The van der Waals surface area contributed by atoms with Crippen molar-refractivity contribution in [2.24, 2.45) is 0 Å². The van der Waals surface area contributed by atoms with Crippen LogP contribution in [0, 0.1) is 11.6 Å². The summed E-state index contributed by atoms with van der Waals surface area (Å²) in [6, 6.07) is 16.7. The Kier molecular flexibility index (Phi) is 4.67. The molecule has 0 aliphatic heterocycles. The molecule has 4 aromatic rings. The number of benzene rings is 3. The highest BCUT2D eigenvalue weighted by atomic mass is 19.1. The third kappa shape index (κ3) is 3.80. The summed E-state index contributed by atoms with van der Waals surface area (Å²) in [6.45, 7) is -0.332. The number of fused-ring (bicyclic) bond motifs is 1. The summed E-state index contributed by atoms with van der Waals surface area (Å²) in [5.41, 5.74) is 2.28. The van der Waals surface area contributed by atoms with Gasteiger partial charge in [-0.3, -0.25) is 4.79 Å². The quantitative estimate of drug-likeness (QED) is 0.573. The summed E-state index contributed by atoms with van der Waals surface area (Å²) in [6.07, 6.45) is 0. The van der Waals surface area contributed by atoms with Gasteiger partial charge in [0.15, 0.2) is 18.2 Å². The minimum atomic E-state index is -0.533. The Bertz CT molecular complexity index is 1140. The topological polar surface area (TPSA) is 69.0 Å². The maximum Gasteiger partial charge on any atom is 0.262 e. The zero-order chi connectivity index (χ0) is 19.5. The van der Waals surface area contributed by atoms with Gasteiger partial charge in [0.05, 0.1) is 5.69 Å². The summed E-state index contributed by atoms with van der Waals surface area (Å²) in [4.78, 5) is 13.4. The molecule has 4 rings (SSSR count). The van der Waals surface area contributed by atoms with Crippen LogP contribution in [0.3, 0.4) is 0 Å². The average molecular weight is 380 g/mol. The number of anilines is 1. The van der Waals surface area contributed by atoms with Crippen LogP contribution < -0.4 is 10.1 Å². The zero-order valence-electron chi connectivity index (χ0n) is 14.5. The van der Waals surface area contributed by atoms with Gasteiger partial charge in [0.1, 0.15) is 16.9 Å². The van der Waals surface area contributed by atoms with E-state index >= 15 is 0 Å². The molecule has 1 heterocycles. The van der Waals surface area contributed by atoms with Gasteiger partial charge in [0.25, 0.3) is 5.91 Å². The summed E-state index contributed by atoms with van der Waals surface area (Å²) < 4.78 is 31.7. The van der Waals surface area contributed by atoms with Crippen LogP contribution in [0.15, 0.2) is 66.7 Å². The molecule has 0 unspecified atom stereocenters. The molecule has 140 valence electrons. The van der Waals surface area contributed by atoms with Gasteiger partial charge in [-0.05, 0) is 54.6 Å². The largest absolute Gasteiger partial charge is 0.481 e. The Balaban J connectivity index is 1.46. The molecule has 1 amide bonds. The molecule has 1 aromatic heterocycles. The second-order valence-electron chi connectivity index (χ2n) is 5.94. The molecule has 0 spiro atoms. The lowest BCUT2D eigenvalue weighted by atomic mass is 10.3. The van der Waals surface area contributed by atoms with Crippen LogP contribution in [-0.2, 0) is 4.79 Å². The maximum absolute atomic E-state index is 13.5. The van der Waals surface area contributed by atoms with Gasteiger partial charge in [-0.25, -0.2) is 8.78 Å². The monoisotopic (exact) mass is 380 g/mol. The van der Waals surface area contributed by atoms with E-state index in [0.717, 1.165) is 0 Å². The lowest BCUT2D eigenvalue weighted by molar-refractivity contribution is -0.118. The van der Waals surface area contributed by atoms with Crippen LogP contribution in [0.2, 0.25) is 0 Å². The second kappa shape index (κ2) is 7.43.